The van der Waals surface area contributed by atoms with Crippen molar-refractivity contribution in [1.29, 1.82) is 0 Å². The van der Waals surface area contributed by atoms with Crippen molar-refractivity contribution < 1.29 is 10.2 Å². The third kappa shape index (κ3) is 1.14. The molecule has 0 saturated heterocycles. The van der Waals surface area contributed by atoms with E-state index in [9.17, 15) is 0 Å². The fraction of sp³-hybridized carbons (Fsp3) is 0. The molecule has 0 fully saturated rings. The molecule has 4 heteroatoms. The van der Waals surface area contributed by atoms with Crippen molar-refractivity contribution in [2.45, 2.75) is 0 Å². The van der Waals surface area contributed by atoms with Crippen LogP contribution in [0.3, 0.4) is 0 Å². The van der Waals surface area contributed by atoms with Gasteiger partial charge in [-0.25, -0.2) is 0 Å². The summed E-state index contributed by atoms with van der Waals surface area (Å²) in [4.78, 5) is 0. The quantitative estimate of drug-likeness (QED) is 0.516. The first kappa shape index (κ1) is 5.91. The standard InChI is InChI=1S/C4H4O2S2/c5-3-1-7-8-2-4(3)6/h1-2,5-6H. The lowest BCUT2D eigenvalue weighted by Gasteiger charge is -2.01. The summed E-state index contributed by atoms with van der Waals surface area (Å²) in [5, 5.41) is 20.3. The Bertz CT molecular complexity index is 132. The summed E-state index contributed by atoms with van der Waals surface area (Å²) in [5.41, 5.74) is 0. The average molecular weight is 148 g/mol. The Morgan fingerprint density at radius 1 is 1.00 bits per heavy atom. The zero-order valence-electron chi connectivity index (χ0n) is 3.87. The molecule has 0 amide bonds. The molecule has 1 aliphatic heterocycles. The van der Waals surface area contributed by atoms with E-state index >= 15 is 0 Å². The van der Waals surface area contributed by atoms with Crippen LogP contribution in [-0.4, -0.2) is 10.2 Å². The lowest BCUT2D eigenvalue weighted by molar-refractivity contribution is 0.329. The van der Waals surface area contributed by atoms with Crippen LogP contribution < -0.4 is 0 Å². The number of aliphatic hydroxyl groups excluding tert-OH is 2. The van der Waals surface area contributed by atoms with Crippen LogP contribution in [0.25, 0.3) is 0 Å². The van der Waals surface area contributed by atoms with Gasteiger partial charge in [-0.2, -0.15) is 0 Å². The van der Waals surface area contributed by atoms with Crippen LogP contribution in [0.5, 0.6) is 0 Å². The van der Waals surface area contributed by atoms with Gasteiger partial charge in [-0.15, -0.1) is 0 Å². The number of rotatable bonds is 0. The first-order valence-corrected chi connectivity index (χ1v) is 4.19. The fourth-order valence-corrected chi connectivity index (χ4v) is 1.68. The minimum absolute atomic E-state index is 0.0475. The highest BCUT2D eigenvalue weighted by Crippen LogP contribution is 2.31. The molecule has 2 nitrogen and oxygen atoms in total. The van der Waals surface area contributed by atoms with Gasteiger partial charge in [0.05, 0.1) is 0 Å². The van der Waals surface area contributed by atoms with Crippen molar-refractivity contribution in [1.82, 2.24) is 0 Å². The Labute approximate surface area is 54.7 Å². The second-order valence-electron chi connectivity index (χ2n) is 1.20. The van der Waals surface area contributed by atoms with E-state index in [4.69, 9.17) is 10.2 Å². The van der Waals surface area contributed by atoms with Crippen molar-refractivity contribution in [3.8, 4) is 0 Å². The van der Waals surface area contributed by atoms with E-state index in [0.29, 0.717) is 0 Å². The highest BCUT2D eigenvalue weighted by atomic mass is 33.1. The Morgan fingerprint density at radius 3 is 1.62 bits per heavy atom. The summed E-state index contributed by atoms with van der Waals surface area (Å²) in [6.45, 7) is 0. The van der Waals surface area contributed by atoms with Crippen LogP contribution in [0.2, 0.25) is 0 Å². The van der Waals surface area contributed by atoms with Crippen LogP contribution in [0.4, 0.5) is 0 Å². The molecule has 1 rings (SSSR count). The summed E-state index contributed by atoms with van der Waals surface area (Å²) in [6.07, 6.45) is 0. The van der Waals surface area contributed by atoms with Crippen LogP contribution in [-0.2, 0) is 0 Å². The van der Waals surface area contributed by atoms with Gasteiger partial charge in [0.15, 0.2) is 11.5 Å². The molecule has 0 aromatic rings. The molecule has 44 valence electrons. The molecule has 0 radical (unpaired) electrons. The summed E-state index contributed by atoms with van der Waals surface area (Å²) in [5.74, 6) is -0.0949. The topological polar surface area (TPSA) is 40.5 Å². The van der Waals surface area contributed by atoms with Gasteiger partial charge in [0.2, 0.25) is 0 Å². The SMILES string of the molecule is OC1=CSSC=C1O. The summed E-state index contributed by atoms with van der Waals surface area (Å²) in [7, 11) is 2.75. The molecule has 0 aromatic heterocycles. The highest BCUT2D eigenvalue weighted by Gasteiger charge is 2.03. The molecule has 1 aliphatic rings. The normalized spacial score (nSPS) is 19.5. The molecule has 0 unspecified atom stereocenters. The molecule has 0 spiro atoms. The van der Waals surface area contributed by atoms with Gasteiger partial charge in [0, 0.05) is 10.8 Å². The van der Waals surface area contributed by atoms with Crippen molar-refractivity contribution >= 4 is 21.6 Å². The second-order valence-corrected chi connectivity index (χ2v) is 3.21. The van der Waals surface area contributed by atoms with E-state index in [1.165, 1.54) is 32.4 Å². The molecule has 0 atom stereocenters. The van der Waals surface area contributed by atoms with E-state index in [0.717, 1.165) is 0 Å². The smallest absolute Gasteiger partial charge is 0.165 e. The van der Waals surface area contributed by atoms with Crippen LogP contribution >= 0.6 is 21.6 Å². The molecule has 0 aromatic carbocycles. The van der Waals surface area contributed by atoms with Crippen molar-refractivity contribution in [2.75, 3.05) is 0 Å². The summed E-state index contributed by atoms with van der Waals surface area (Å²) in [6, 6.07) is 0. The molecular weight excluding hydrogens is 144 g/mol. The maximum Gasteiger partial charge on any atom is 0.165 e. The van der Waals surface area contributed by atoms with Crippen LogP contribution in [0.1, 0.15) is 0 Å². The van der Waals surface area contributed by atoms with E-state index in [1.807, 2.05) is 0 Å². The monoisotopic (exact) mass is 148 g/mol. The summed E-state index contributed by atoms with van der Waals surface area (Å²) < 4.78 is 0. The van der Waals surface area contributed by atoms with E-state index in [1.54, 1.807) is 0 Å². The Hall–Kier alpha value is -0.220. The largest absolute Gasteiger partial charge is 0.504 e. The van der Waals surface area contributed by atoms with Crippen LogP contribution in [0.15, 0.2) is 22.3 Å². The predicted octanol–water partition coefficient (Wildman–Crippen LogP) is 2.18. The molecule has 8 heavy (non-hydrogen) atoms. The average Bonchev–Trinajstić information content (AvgIpc) is 1.77. The van der Waals surface area contributed by atoms with Gasteiger partial charge in [0.1, 0.15) is 0 Å². The first-order chi connectivity index (χ1) is 3.80. The number of hydrogen-bond donors (Lipinski definition) is 2. The maximum atomic E-state index is 8.69. The molecule has 0 saturated carbocycles. The second kappa shape index (κ2) is 2.37. The predicted molar refractivity (Wildman–Crippen MR) is 36.6 cm³/mol. The highest BCUT2D eigenvalue weighted by molar-refractivity contribution is 8.79. The Balaban J connectivity index is 2.73. The minimum atomic E-state index is -0.0475. The van der Waals surface area contributed by atoms with Crippen molar-refractivity contribution in [3.05, 3.63) is 22.3 Å². The Morgan fingerprint density at radius 2 is 1.38 bits per heavy atom. The maximum absolute atomic E-state index is 8.69. The third-order valence-corrected chi connectivity index (χ3v) is 2.30. The first-order valence-electron chi connectivity index (χ1n) is 1.91. The number of aliphatic hydroxyl groups is 2. The lowest BCUT2D eigenvalue weighted by atomic mass is 10.5. The van der Waals surface area contributed by atoms with Gasteiger partial charge in [-0.1, -0.05) is 21.6 Å². The van der Waals surface area contributed by atoms with Crippen molar-refractivity contribution in [2.24, 2.45) is 0 Å². The number of hydrogen-bond acceptors (Lipinski definition) is 4. The van der Waals surface area contributed by atoms with E-state index in [-0.39, 0.29) is 11.5 Å². The summed E-state index contributed by atoms with van der Waals surface area (Å²) >= 11 is 0. The minimum Gasteiger partial charge on any atom is -0.504 e. The molecule has 2 N–H and O–H groups in total. The van der Waals surface area contributed by atoms with Gasteiger partial charge in [0.25, 0.3) is 0 Å². The molecular formula is C4H4O2S2. The van der Waals surface area contributed by atoms with Gasteiger partial charge in [-0.3, -0.25) is 0 Å². The van der Waals surface area contributed by atoms with Crippen LogP contribution in [0, 0.1) is 0 Å². The van der Waals surface area contributed by atoms with Crippen molar-refractivity contribution in [3.63, 3.8) is 0 Å². The Kier molecular flexibility index (Phi) is 1.75. The molecule has 0 bridgehead atoms. The third-order valence-electron chi connectivity index (χ3n) is 0.637. The lowest BCUT2D eigenvalue weighted by Crippen LogP contribution is -1.85. The van der Waals surface area contributed by atoms with Gasteiger partial charge < -0.3 is 10.2 Å². The molecule has 0 aliphatic carbocycles. The van der Waals surface area contributed by atoms with Gasteiger partial charge in [-0.05, 0) is 0 Å². The van der Waals surface area contributed by atoms with E-state index in [2.05, 4.69) is 0 Å². The van der Waals surface area contributed by atoms with E-state index < -0.39 is 0 Å². The fourth-order valence-electron chi connectivity index (χ4n) is 0.267. The van der Waals surface area contributed by atoms with Gasteiger partial charge >= 0.3 is 0 Å². The molecule has 1 heterocycles. The zero-order chi connectivity index (χ0) is 5.98. The zero-order valence-corrected chi connectivity index (χ0v) is 5.50.